The molecule has 0 saturated heterocycles. The van der Waals surface area contributed by atoms with E-state index in [9.17, 15) is 15.3 Å². The molecule has 0 radical (unpaired) electrons. The van der Waals surface area contributed by atoms with E-state index < -0.39 is 0 Å². The van der Waals surface area contributed by atoms with Crippen LogP contribution in [0.2, 0.25) is 0 Å². The molecule has 0 aliphatic carbocycles. The lowest BCUT2D eigenvalue weighted by Crippen LogP contribution is -2.24. The van der Waals surface area contributed by atoms with E-state index >= 15 is 0 Å². The molecule has 130 valence electrons. The van der Waals surface area contributed by atoms with Crippen molar-refractivity contribution in [2.24, 2.45) is 0 Å². The van der Waals surface area contributed by atoms with Crippen molar-refractivity contribution in [3.63, 3.8) is 0 Å². The first-order valence-electron chi connectivity index (χ1n) is 8.29. The van der Waals surface area contributed by atoms with Gasteiger partial charge in [0.15, 0.2) is 11.5 Å². The average Bonchev–Trinajstić information content (AvgIpc) is 2.91. The van der Waals surface area contributed by atoms with E-state index in [1.165, 1.54) is 17.7 Å². The quantitative estimate of drug-likeness (QED) is 0.570. The van der Waals surface area contributed by atoms with Gasteiger partial charge in [0, 0.05) is 22.8 Å². The number of benzene rings is 2. The maximum Gasteiger partial charge on any atom is 0.161 e. The van der Waals surface area contributed by atoms with Crippen LogP contribution in [-0.4, -0.2) is 21.9 Å². The highest BCUT2D eigenvalue weighted by molar-refractivity contribution is 5.58. The molecule has 0 bridgehead atoms. The van der Waals surface area contributed by atoms with Crippen LogP contribution in [0.1, 0.15) is 42.6 Å². The molecule has 2 aromatic carbocycles. The Kier molecular flexibility index (Phi) is 3.53. The van der Waals surface area contributed by atoms with Crippen LogP contribution in [-0.2, 0) is 6.42 Å². The highest BCUT2D eigenvalue weighted by atomic mass is 16.5. The van der Waals surface area contributed by atoms with Crippen LogP contribution in [0.25, 0.3) is 0 Å². The first-order chi connectivity index (χ1) is 12.0. The van der Waals surface area contributed by atoms with E-state index in [1.807, 2.05) is 26.0 Å². The standard InChI is InChI=1S/C20H20O5/c1-10(2)3-4-11-15(21)6-5-12-19(11)24-9-14-13-7-16(22)17(23)8-18(13)25-20(12)14/h3,5-8,14,20-23H,4,9H2,1-2H3. The number of ether oxygens (including phenoxy) is 2. The van der Waals surface area contributed by atoms with E-state index in [-0.39, 0.29) is 29.3 Å². The molecule has 2 aliphatic heterocycles. The fourth-order valence-corrected chi connectivity index (χ4v) is 3.51. The topological polar surface area (TPSA) is 79.2 Å². The Labute approximate surface area is 145 Å². The van der Waals surface area contributed by atoms with Crippen molar-refractivity contribution in [1.29, 1.82) is 0 Å². The summed E-state index contributed by atoms with van der Waals surface area (Å²) in [5.74, 6) is 1.01. The summed E-state index contributed by atoms with van der Waals surface area (Å²) in [7, 11) is 0. The van der Waals surface area contributed by atoms with Gasteiger partial charge in [0.05, 0.1) is 12.5 Å². The zero-order valence-corrected chi connectivity index (χ0v) is 14.1. The van der Waals surface area contributed by atoms with Gasteiger partial charge >= 0.3 is 0 Å². The average molecular weight is 340 g/mol. The third-order valence-corrected chi connectivity index (χ3v) is 4.82. The number of rotatable bonds is 2. The first-order valence-corrected chi connectivity index (χ1v) is 8.29. The number of hydrogen-bond acceptors (Lipinski definition) is 5. The summed E-state index contributed by atoms with van der Waals surface area (Å²) in [5.41, 5.74) is 3.62. The van der Waals surface area contributed by atoms with Gasteiger partial charge in [-0.3, -0.25) is 0 Å². The van der Waals surface area contributed by atoms with Crippen molar-refractivity contribution >= 4 is 0 Å². The van der Waals surface area contributed by atoms with Crippen LogP contribution >= 0.6 is 0 Å². The van der Waals surface area contributed by atoms with Crippen molar-refractivity contribution < 1.29 is 24.8 Å². The van der Waals surface area contributed by atoms with Gasteiger partial charge in [-0.05, 0) is 38.5 Å². The van der Waals surface area contributed by atoms with Gasteiger partial charge in [-0.25, -0.2) is 0 Å². The summed E-state index contributed by atoms with van der Waals surface area (Å²) in [5, 5.41) is 29.7. The number of allylic oxidation sites excluding steroid dienone is 2. The van der Waals surface area contributed by atoms with Crippen molar-refractivity contribution in [2.75, 3.05) is 6.61 Å². The van der Waals surface area contributed by atoms with Crippen LogP contribution in [0.15, 0.2) is 35.9 Å². The lowest BCUT2D eigenvalue weighted by molar-refractivity contribution is 0.138. The number of hydrogen-bond donors (Lipinski definition) is 3. The molecule has 5 nitrogen and oxygen atoms in total. The van der Waals surface area contributed by atoms with Gasteiger partial charge in [-0.2, -0.15) is 0 Å². The van der Waals surface area contributed by atoms with E-state index in [0.29, 0.717) is 24.5 Å². The van der Waals surface area contributed by atoms with Gasteiger partial charge in [0.25, 0.3) is 0 Å². The SMILES string of the molecule is CC(C)=CCc1c(O)ccc2c1OCC1c3cc(O)c(O)cc3OC21. The Morgan fingerprint density at radius 1 is 1.08 bits per heavy atom. The minimum absolute atomic E-state index is 0.0603. The molecular formula is C20H20O5. The molecule has 2 aliphatic rings. The summed E-state index contributed by atoms with van der Waals surface area (Å²) < 4.78 is 12.0. The lowest BCUT2D eigenvalue weighted by Gasteiger charge is -2.29. The van der Waals surface area contributed by atoms with Gasteiger partial charge < -0.3 is 24.8 Å². The maximum absolute atomic E-state index is 10.3. The zero-order chi connectivity index (χ0) is 17.7. The normalized spacial score (nSPS) is 19.9. The zero-order valence-electron chi connectivity index (χ0n) is 14.1. The summed E-state index contributed by atoms with van der Waals surface area (Å²) in [6.07, 6.45) is 2.37. The highest BCUT2D eigenvalue weighted by Gasteiger charge is 2.42. The fourth-order valence-electron chi connectivity index (χ4n) is 3.51. The van der Waals surface area contributed by atoms with Crippen LogP contribution < -0.4 is 9.47 Å². The molecule has 25 heavy (non-hydrogen) atoms. The van der Waals surface area contributed by atoms with E-state index in [1.54, 1.807) is 6.07 Å². The Morgan fingerprint density at radius 2 is 1.84 bits per heavy atom. The van der Waals surface area contributed by atoms with Gasteiger partial charge in [-0.1, -0.05) is 11.6 Å². The van der Waals surface area contributed by atoms with Crippen LogP contribution in [0, 0.1) is 0 Å². The van der Waals surface area contributed by atoms with Crippen molar-refractivity contribution in [2.45, 2.75) is 32.3 Å². The summed E-state index contributed by atoms with van der Waals surface area (Å²) in [4.78, 5) is 0. The van der Waals surface area contributed by atoms with E-state index in [4.69, 9.17) is 9.47 Å². The largest absolute Gasteiger partial charge is 0.508 e. The molecule has 4 rings (SSSR count). The lowest BCUT2D eigenvalue weighted by atomic mass is 9.87. The molecule has 0 fully saturated rings. The minimum Gasteiger partial charge on any atom is -0.508 e. The van der Waals surface area contributed by atoms with Crippen molar-refractivity contribution in [3.8, 4) is 28.7 Å². The van der Waals surface area contributed by atoms with Crippen molar-refractivity contribution in [1.82, 2.24) is 0 Å². The van der Waals surface area contributed by atoms with Crippen LogP contribution in [0.5, 0.6) is 28.7 Å². The molecule has 0 spiro atoms. The Bertz CT molecular complexity index is 880. The Morgan fingerprint density at radius 3 is 2.60 bits per heavy atom. The molecular weight excluding hydrogens is 320 g/mol. The van der Waals surface area contributed by atoms with Gasteiger partial charge in [0.1, 0.15) is 23.4 Å². The summed E-state index contributed by atoms with van der Waals surface area (Å²) in [6, 6.07) is 6.46. The summed E-state index contributed by atoms with van der Waals surface area (Å²) in [6.45, 7) is 4.41. The third kappa shape index (κ3) is 2.47. The maximum atomic E-state index is 10.3. The fraction of sp³-hybridized carbons (Fsp3) is 0.300. The van der Waals surface area contributed by atoms with Crippen LogP contribution in [0.3, 0.4) is 0 Å². The van der Waals surface area contributed by atoms with Crippen LogP contribution in [0.4, 0.5) is 0 Å². The van der Waals surface area contributed by atoms with Gasteiger partial charge in [0.2, 0.25) is 0 Å². The molecule has 2 unspecified atom stereocenters. The Balaban J connectivity index is 1.77. The number of phenolic OH excluding ortho intramolecular Hbond substituents is 3. The molecule has 0 amide bonds. The predicted molar refractivity (Wildman–Crippen MR) is 92.6 cm³/mol. The highest BCUT2D eigenvalue weighted by Crippen LogP contribution is 2.54. The molecule has 5 heteroatoms. The second kappa shape index (κ2) is 5.62. The molecule has 0 aromatic heterocycles. The number of aromatic hydroxyl groups is 3. The minimum atomic E-state index is -0.258. The molecule has 2 aromatic rings. The number of fused-ring (bicyclic) bond motifs is 5. The second-order valence-electron chi connectivity index (χ2n) is 6.80. The molecule has 2 heterocycles. The second-order valence-corrected chi connectivity index (χ2v) is 6.80. The Hall–Kier alpha value is -2.82. The molecule has 0 saturated carbocycles. The molecule has 2 atom stereocenters. The van der Waals surface area contributed by atoms with Crippen molar-refractivity contribution in [3.05, 3.63) is 52.6 Å². The first kappa shape index (κ1) is 15.7. The number of phenols is 3. The third-order valence-electron chi connectivity index (χ3n) is 4.82. The van der Waals surface area contributed by atoms with E-state index in [0.717, 1.165) is 16.7 Å². The van der Waals surface area contributed by atoms with Gasteiger partial charge in [-0.15, -0.1) is 0 Å². The monoisotopic (exact) mass is 340 g/mol. The van der Waals surface area contributed by atoms with E-state index in [2.05, 4.69) is 0 Å². The summed E-state index contributed by atoms with van der Waals surface area (Å²) >= 11 is 0. The predicted octanol–water partition coefficient (Wildman–Crippen LogP) is 3.92. The molecule has 3 N–H and O–H groups in total. The smallest absolute Gasteiger partial charge is 0.161 e.